The summed E-state index contributed by atoms with van der Waals surface area (Å²) in [5.41, 5.74) is 1.12. The van der Waals surface area contributed by atoms with Gasteiger partial charge in [-0.1, -0.05) is 25.7 Å². The van der Waals surface area contributed by atoms with Gasteiger partial charge in [0.2, 0.25) is 0 Å². The normalized spacial score (nSPS) is 19.9. The lowest BCUT2D eigenvalue weighted by Gasteiger charge is -2.19. The second-order valence-electron chi connectivity index (χ2n) is 4.47. The second-order valence-corrected chi connectivity index (χ2v) is 5.25. The lowest BCUT2D eigenvalue weighted by molar-refractivity contribution is 0.437. The van der Waals surface area contributed by atoms with E-state index >= 15 is 0 Å². The molecule has 1 atom stereocenters. The molecule has 0 aliphatic heterocycles. The molecule has 1 N–H and O–H groups in total. The monoisotopic (exact) mass is 234 g/mol. The third-order valence-electron chi connectivity index (χ3n) is 3.26. The highest BCUT2D eigenvalue weighted by molar-refractivity contribution is 7.08. The maximum absolute atomic E-state index is 9.19. The molecule has 1 aromatic rings. The molecule has 2 nitrogen and oxygen atoms in total. The summed E-state index contributed by atoms with van der Waals surface area (Å²) in [4.78, 5) is 0. The van der Waals surface area contributed by atoms with Crippen LogP contribution in [0, 0.1) is 11.3 Å². The molecule has 0 saturated heterocycles. The molecule has 0 spiro atoms. The number of nitrogens with zero attached hydrogens (tertiary/aromatic N) is 1. The molecule has 1 aliphatic carbocycles. The third-order valence-corrected chi connectivity index (χ3v) is 3.96. The van der Waals surface area contributed by atoms with E-state index in [1.807, 2.05) is 11.4 Å². The van der Waals surface area contributed by atoms with E-state index in [1.165, 1.54) is 38.5 Å². The number of thiophene rings is 1. The Labute approximate surface area is 101 Å². The fraction of sp³-hybridized carbons (Fsp3) is 0.615. The van der Waals surface area contributed by atoms with Crippen LogP contribution in [0.4, 0.5) is 0 Å². The van der Waals surface area contributed by atoms with Gasteiger partial charge in [0, 0.05) is 6.04 Å². The second kappa shape index (κ2) is 6.03. The third kappa shape index (κ3) is 3.07. The molecule has 86 valence electrons. The van der Waals surface area contributed by atoms with Gasteiger partial charge in [-0.05, 0) is 35.2 Å². The van der Waals surface area contributed by atoms with Crippen molar-refractivity contribution in [3.8, 4) is 6.07 Å². The minimum Gasteiger partial charge on any atom is -0.295 e. The SMILES string of the molecule is N#CC(NC1CCCCCC1)c1ccsc1. The van der Waals surface area contributed by atoms with E-state index in [4.69, 9.17) is 0 Å². The van der Waals surface area contributed by atoms with Crippen molar-refractivity contribution in [3.05, 3.63) is 22.4 Å². The van der Waals surface area contributed by atoms with Crippen LogP contribution in [0.25, 0.3) is 0 Å². The molecular formula is C13H18N2S. The summed E-state index contributed by atoms with van der Waals surface area (Å²) >= 11 is 1.66. The smallest absolute Gasteiger partial charge is 0.122 e. The van der Waals surface area contributed by atoms with Gasteiger partial charge < -0.3 is 0 Å². The molecule has 0 amide bonds. The van der Waals surface area contributed by atoms with Gasteiger partial charge in [0.15, 0.2) is 0 Å². The Kier molecular flexibility index (Phi) is 4.38. The summed E-state index contributed by atoms with van der Waals surface area (Å²) < 4.78 is 0. The van der Waals surface area contributed by atoms with Gasteiger partial charge in [0.05, 0.1) is 6.07 Å². The van der Waals surface area contributed by atoms with Crippen LogP contribution in [0.3, 0.4) is 0 Å². The molecule has 1 fully saturated rings. The predicted molar refractivity (Wildman–Crippen MR) is 67.3 cm³/mol. The molecule has 3 heteroatoms. The van der Waals surface area contributed by atoms with Gasteiger partial charge >= 0.3 is 0 Å². The zero-order valence-electron chi connectivity index (χ0n) is 9.48. The maximum Gasteiger partial charge on any atom is 0.122 e. The summed E-state index contributed by atoms with van der Waals surface area (Å²) in [7, 11) is 0. The Balaban J connectivity index is 1.93. The van der Waals surface area contributed by atoms with Crippen LogP contribution in [0.15, 0.2) is 16.8 Å². The summed E-state index contributed by atoms with van der Waals surface area (Å²) in [5, 5.41) is 16.8. The molecule has 1 saturated carbocycles. The first-order chi connectivity index (χ1) is 7.90. The summed E-state index contributed by atoms with van der Waals surface area (Å²) in [6.07, 6.45) is 7.77. The first-order valence-electron chi connectivity index (χ1n) is 6.08. The molecule has 1 aliphatic rings. The Morgan fingerprint density at radius 1 is 1.31 bits per heavy atom. The highest BCUT2D eigenvalue weighted by Gasteiger charge is 2.18. The molecule has 0 bridgehead atoms. The Bertz CT molecular complexity index is 331. The van der Waals surface area contributed by atoms with Crippen LogP contribution in [0.2, 0.25) is 0 Å². The van der Waals surface area contributed by atoms with E-state index in [-0.39, 0.29) is 6.04 Å². The molecule has 16 heavy (non-hydrogen) atoms. The van der Waals surface area contributed by atoms with Crippen molar-refractivity contribution in [2.24, 2.45) is 0 Å². The van der Waals surface area contributed by atoms with Gasteiger partial charge in [0.25, 0.3) is 0 Å². The van der Waals surface area contributed by atoms with Crippen LogP contribution >= 0.6 is 11.3 Å². The number of rotatable bonds is 3. The minimum absolute atomic E-state index is 0.116. The molecule has 1 aromatic heterocycles. The molecule has 2 rings (SSSR count). The maximum atomic E-state index is 9.19. The van der Waals surface area contributed by atoms with Gasteiger partial charge in [-0.2, -0.15) is 16.6 Å². The highest BCUT2D eigenvalue weighted by Crippen LogP contribution is 2.22. The van der Waals surface area contributed by atoms with E-state index in [1.54, 1.807) is 11.3 Å². The van der Waals surface area contributed by atoms with E-state index < -0.39 is 0 Å². The zero-order valence-corrected chi connectivity index (χ0v) is 10.3. The van der Waals surface area contributed by atoms with E-state index in [9.17, 15) is 5.26 Å². The van der Waals surface area contributed by atoms with Crippen molar-refractivity contribution < 1.29 is 0 Å². The van der Waals surface area contributed by atoms with Crippen molar-refractivity contribution >= 4 is 11.3 Å². The number of nitrogens with one attached hydrogen (secondary N) is 1. The van der Waals surface area contributed by atoms with Crippen molar-refractivity contribution in [1.82, 2.24) is 5.32 Å². The standard InChI is InChI=1S/C13H18N2S/c14-9-13(11-7-8-16-10-11)15-12-5-3-1-2-4-6-12/h7-8,10,12-13,15H,1-6H2. The van der Waals surface area contributed by atoms with Crippen LogP contribution in [-0.2, 0) is 0 Å². The average Bonchev–Trinajstić information content (AvgIpc) is 2.71. The Hall–Kier alpha value is -0.850. The molecule has 0 radical (unpaired) electrons. The van der Waals surface area contributed by atoms with E-state index in [0.717, 1.165) is 5.56 Å². The summed E-state index contributed by atoms with van der Waals surface area (Å²) in [6.45, 7) is 0. The zero-order chi connectivity index (χ0) is 11.2. The van der Waals surface area contributed by atoms with Gasteiger partial charge in [0.1, 0.15) is 6.04 Å². The van der Waals surface area contributed by atoms with Crippen molar-refractivity contribution in [2.45, 2.75) is 50.6 Å². The van der Waals surface area contributed by atoms with Crippen molar-refractivity contribution in [1.29, 1.82) is 5.26 Å². The van der Waals surface area contributed by atoms with Crippen LogP contribution in [0.1, 0.15) is 50.1 Å². The topological polar surface area (TPSA) is 35.8 Å². The fourth-order valence-electron chi connectivity index (χ4n) is 2.33. The van der Waals surface area contributed by atoms with E-state index in [0.29, 0.717) is 6.04 Å². The lowest BCUT2D eigenvalue weighted by atomic mass is 10.1. The number of nitriles is 1. The van der Waals surface area contributed by atoms with Crippen molar-refractivity contribution in [3.63, 3.8) is 0 Å². The first-order valence-corrected chi connectivity index (χ1v) is 7.02. The minimum atomic E-state index is -0.116. The van der Waals surface area contributed by atoms with Crippen LogP contribution in [0.5, 0.6) is 0 Å². The van der Waals surface area contributed by atoms with Gasteiger partial charge in [-0.15, -0.1) is 0 Å². The molecule has 1 unspecified atom stereocenters. The quantitative estimate of drug-likeness (QED) is 0.811. The predicted octanol–water partition coefficient (Wildman–Crippen LogP) is 3.63. The summed E-state index contributed by atoms with van der Waals surface area (Å²) in [5.74, 6) is 0. The van der Waals surface area contributed by atoms with Gasteiger partial charge in [-0.25, -0.2) is 0 Å². The van der Waals surface area contributed by atoms with Crippen LogP contribution in [-0.4, -0.2) is 6.04 Å². The highest BCUT2D eigenvalue weighted by atomic mass is 32.1. The Morgan fingerprint density at radius 3 is 2.62 bits per heavy atom. The average molecular weight is 234 g/mol. The summed E-state index contributed by atoms with van der Waals surface area (Å²) in [6, 6.07) is 4.83. The number of hydrogen-bond donors (Lipinski definition) is 1. The van der Waals surface area contributed by atoms with Crippen LogP contribution < -0.4 is 5.32 Å². The van der Waals surface area contributed by atoms with Crippen molar-refractivity contribution in [2.75, 3.05) is 0 Å². The molecule has 0 aromatic carbocycles. The molecule has 1 heterocycles. The van der Waals surface area contributed by atoms with E-state index in [2.05, 4.69) is 16.8 Å². The largest absolute Gasteiger partial charge is 0.295 e. The first kappa shape index (κ1) is 11.6. The number of hydrogen-bond acceptors (Lipinski definition) is 3. The fourth-order valence-corrected chi connectivity index (χ4v) is 3.02. The van der Waals surface area contributed by atoms with Gasteiger partial charge in [-0.3, -0.25) is 5.32 Å². The molecular weight excluding hydrogens is 216 g/mol. The lowest BCUT2D eigenvalue weighted by Crippen LogP contribution is -2.31. The Morgan fingerprint density at radius 2 is 2.06 bits per heavy atom.